The Bertz CT molecular complexity index is 176. The maximum Gasteiger partial charge on any atom is 0.223 e. The van der Waals surface area contributed by atoms with Crippen molar-refractivity contribution < 1.29 is 15.0 Å². The molecule has 0 aliphatic carbocycles. The van der Waals surface area contributed by atoms with Crippen molar-refractivity contribution in [2.45, 2.75) is 17.8 Å². The van der Waals surface area contributed by atoms with Gasteiger partial charge in [-0.15, -0.1) is 0 Å². The fourth-order valence-corrected chi connectivity index (χ4v) is 1.59. The normalized spacial score (nSPS) is 26.4. The Morgan fingerprint density at radius 3 is 2.83 bits per heavy atom. The van der Waals surface area contributed by atoms with Crippen LogP contribution in [0.15, 0.2) is 0 Å². The number of aliphatic hydroxyl groups excluding tert-OH is 2. The molecule has 0 bridgehead atoms. The van der Waals surface area contributed by atoms with Crippen molar-refractivity contribution in [3.05, 3.63) is 0 Å². The summed E-state index contributed by atoms with van der Waals surface area (Å²) in [5.41, 5.74) is 0. The molecule has 4 nitrogen and oxygen atoms in total. The van der Waals surface area contributed by atoms with Crippen molar-refractivity contribution in [3.8, 4) is 0 Å². The second-order valence-electron chi connectivity index (χ2n) is 2.99. The van der Waals surface area contributed by atoms with Gasteiger partial charge in [-0.25, -0.2) is 0 Å². The predicted molar refractivity (Wildman–Crippen MR) is 47.1 cm³/mol. The van der Waals surface area contributed by atoms with Crippen LogP contribution < -0.4 is 0 Å². The molecule has 0 aromatic heterocycles. The van der Waals surface area contributed by atoms with E-state index in [0.29, 0.717) is 13.0 Å². The lowest BCUT2D eigenvalue weighted by molar-refractivity contribution is -0.129. The molecule has 1 heterocycles. The van der Waals surface area contributed by atoms with Crippen molar-refractivity contribution in [2.24, 2.45) is 0 Å². The van der Waals surface area contributed by atoms with Gasteiger partial charge in [0.1, 0.15) is 0 Å². The number of aliphatic hydroxyl groups is 2. The summed E-state index contributed by atoms with van der Waals surface area (Å²) in [7, 11) is 0. The monoisotopic (exact) mass is 191 g/mol. The summed E-state index contributed by atoms with van der Waals surface area (Å²) in [5.74, 6) is 0.00231. The molecule has 1 unspecified atom stereocenters. The first-order valence-corrected chi connectivity index (χ1v) is 4.40. The van der Waals surface area contributed by atoms with Crippen molar-refractivity contribution in [2.75, 3.05) is 19.7 Å². The van der Waals surface area contributed by atoms with Crippen LogP contribution in [-0.4, -0.2) is 52.1 Å². The van der Waals surface area contributed by atoms with Gasteiger partial charge in [0, 0.05) is 24.8 Å². The van der Waals surface area contributed by atoms with E-state index < -0.39 is 6.10 Å². The lowest BCUT2D eigenvalue weighted by Gasteiger charge is -2.18. The Kier molecular flexibility index (Phi) is 3.37. The van der Waals surface area contributed by atoms with Gasteiger partial charge in [0.2, 0.25) is 5.91 Å². The first-order valence-electron chi connectivity index (χ1n) is 3.88. The van der Waals surface area contributed by atoms with Crippen LogP contribution in [0, 0.1) is 0 Å². The van der Waals surface area contributed by atoms with Crippen LogP contribution >= 0.6 is 12.6 Å². The van der Waals surface area contributed by atoms with E-state index in [0.717, 1.165) is 0 Å². The fourth-order valence-electron chi connectivity index (χ4n) is 1.24. The standard InChI is InChI=1S/C7H13NO3S/c9-4-5(10)2-8-3-6(12)1-7(8)11/h5-6,9-10,12H,1-4H2/t5-,6?/m1/s1. The van der Waals surface area contributed by atoms with E-state index in [1.54, 1.807) is 0 Å². The van der Waals surface area contributed by atoms with E-state index in [2.05, 4.69) is 12.6 Å². The third kappa shape index (κ3) is 2.36. The molecular weight excluding hydrogens is 178 g/mol. The number of amides is 1. The van der Waals surface area contributed by atoms with Gasteiger partial charge < -0.3 is 15.1 Å². The van der Waals surface area contributed by atoms with Crippen LogP contribution in [0.1, 0.15) is 6.42 Å². The number of hydrogen-bond acceptors (Lipinski definition) is 4. The Labute approximate surface area is 76.6 Å². The fraction of sp³-hybridized carbons (Fsp3) is 0.857. The van der Waals surface area contributed by atoms with Crippen LogP contribution in [0.2, 0.25) is 0 Å². The second-order valence-corrected chi connectivity index (χ2v) is 3.72. The van der Waals surface area contributed by atoms with Crippen LogP contribution in [0.4, 0.5) is 0 Å². The molecule has 1 fully saturated rings. The third-order valence-corrected chi connectivity index (χ3v) is 2.18. The Morgan fingerprint density at radius 2 is 2.42 bits per heavy atom. The lowest BCUT2D eigenvalue weighted by atomic mass is 10.3. The van der Waals surface area contributed by atoms with Gasteiger partial charge in [-0.1, -0.05) is 0 Å². The summed E-state index contributed by atoms with van der Waals surface area (Å²) >= 11 is 4.16. The number of β-amino-alcohol motifs (C(OH)–C–C–N with tert-alkyl or cyclic N) is 1. The molecule has 0 radical (unpaired) electrons. The number of carbonyl (C=O) groups is 1. The number of thiol groups is 1. The van der Waals surface area contributed by atoms with Crippen molar-refractivity contribution in [3.63, 3.8) is 0 Å². The molecule has 70 valence electrons. The van der Waals surface area contributed by atoms with Crippen molar-refractivity contribution in [1.82, 2.24) is 4.90 Å². The molecule has 0 saturated carbocycles. The number of hydrogen-bond donors (Lipinski definition) is 3. The van der Waals surface area contributed by atoms with Crippen LogP contribution in [-0.2, 0) is 4.79 Å². The van der Waals surface area contributed by atoms with E-state index in [9.17, 15) is 4.79 Å². The quantitative estimate of drug-likeness (QED) is 0.495. The summed E-state index contributed by atoms with van der Waals surface area (Å²) in [6.07, 6.45) is -0.395. The highest BCUT2D eigenvalue weighted by molar-refractivity contribution is 7.81. The highest BCUT2D eigenvalue weighted by Gasteiger charge is 2.28. The second kappa shape index (κ2) is 4.11. The minimum absolute atomic E-state index is 0.00231. The average Bonchev–Trinajstić information content (AvgIpc) is 2.30. The van der Waals surface area contributed by atoms with E-state index in [1.165, 1.54) is 4.90 Å². The molecule has 1 aliphatic rings. The molecule has 0 aromatic rings. The van der Waals surface area contributed by atoms with Gasteiger partial charge >= 0.3 is 0 Å². The highest BCUT2D eigenvalue weighted by Crippen LogP contribution is 2.15. The Balaban J connectivity index is 2.37. The Morgan fingerprint density at radius 1 is 1.75 bits per heavy atom. The van der Waals surface area contributed by atoms with E-state index >= 15 is 0 Å². The SMILES string of the molecule is O=C1CC(S)CN1C[C@@H](O)CO. The van der Waals surface area contributed by atoms with Gasteiger partial charge in [-0.2, -0.15) is 12.6 Å². The largest absolute Gasteiger partial charge is 0.394 e. The number of rotatable bonds is 3. The van der Waals surface area contributed by atoms with Crippen LogP contribution in [0.25, 0.3) is 0 Å². The number of carbonyl (C=O) groups excluding carboxylic acids is 1. The van der Waals surface area contributed by atoms with E-state index in [-0.39, 0.29) is 24.3 Å². The topological polar surface area (TPSA) is 60.8 Å². The van der Waals surface area contributed by atoms with E-state index in [1.807, 2.05) is 0 Å². The summed E-state index contributed by atoms with van der Waals surface area (Å²) in [5, 5.41) is 17.7. The predicted octanol–water partition coefficient (Wildman–Crippen LogP) is -1.13. The zero-order chi connectivity index (χ0) is 9.14. The summed E-state index contributed by atoms with van der Waals surface area (Å²) in [6, 6.07) is 0. The summed E-state index contributed by atoms with van der Waals surface area (Å²) in [4.78, 5) is 12.6. The number of nitrogens with zero attached hydrogens (tertiary/aromatic N) is 1. The van der Waals surface area contributed by atoms with Gasteiger partial charge in [-0.3, -0.25) is 4.79 Å². The minimum atomic E-state index is -0.826. The number of likely N-dealkylation sites (tertiary alicyclic amines) is 1. The van der Waals surface area contributed by atoms with Crippen molar-refractivity contribution in [1.29, 1.82) is 0 Å². The molecule has 1 amide bonds. The van der Waals surface area contributed by atoms with E-state index in [4.69, 9.17) is 10.2 Å². The Hall–Kier alpha value is -0.260. The molecule has 1 aliphatic heterocycles. The van der Waals surface area contributed by atoms with Crippen LogP contribution in [0.3, 0.4) is 0 Å². The average molecular weight is 191 g/mol. The summed E-state index contributed by atoms with van der Waals surface area (Å²) in [6.45, 7) is 0.479. The molecular formula is C7H13NO3S. The molecule has 2 N–H and O–H groups in total. The molecule has 2 atom stereocenters. The molecule has 1 saturated heterocycles. The zero-order valence-electron chi connectivity index (χ0n) is 6.68. The molecule has 1 rings (SSSR count). The van der Waals surface area contributed by atoms with Gasteiger partial charge in [-0.05, 0) is 0 Å². The van der Waals surface area contributed by atoms with Crippen LogP contribution in [0.5, 0.6) is 0 Å². The first kappa shape index (κ1) is 9.83. The summed E-state index contributed by atoms with van der Waals surface area (Å²) < 4.78 is 0. The maximum absolute atomic E-state index is 11.1. The van der Waals surface area contributed by atoms with Crippen molar-refractivity contribution >= 4 is 18.5 Å². The first-order chi connectivity index (χ1) is 5.63. The highest BCUT2D eigenvalue weighted by atomic mass is 32.1. The lowest BCUT2D eigenvalue weighted by Crippen LogP contribution is -2.35. The smallest absolute Gasteiger partial charge is 0.223 e. The van der Waals surface area contributed by atoms with Gasteiger partial charge in [0.25, 0.3) is 0 Å². The van der Waals surface area contributed by atoms with Gasteiger partial charge in [0.15, 0.2) is 0 Å². The molecule has 0 spiro atoms. The maximum atomic E-state index is 11.1. The van der Waals surface area contributed by atoms with Gasteiger partial charge in [0.05, 0.1) is 12.7 Å². The molecule has 12 heavy (non-hydrogen) atoms. The minimum Gasteiger partial charge on any atom is -0.394 e. The zero-order valence-corrected chi connectivity index (χ0v) is 7.57. The third-order valence-electron chi connectivity index (χ3n) is 1.84. The molecule has 5 heteroatoms. The molecule has 0 aromatic carbocycles.